The molecule has 0 aliphatic carbocycles. The number of aryl methyl sites for hydroxylation is 1. The molecule has 0 atom stereocenters. The topological polar surface area (TPSA) is 75.7 Å². The number of halogens is 1. The highest BCUT2D eigenvalue weighted by Gasteiger charge is 2.34. The molecular weight excluding hydrogens is 407 g/mol. The van der Waals surface area contributed by atoms with Gasteiger partial charge in [0.25, 0.3) is 11.1 Å². The van der Waals surface area contributed by atoms with E-state index < -0.39 is 5.91 Å². The fraction of sp³-hybridized carbons (Fsp3) is 0.227. The number of nitrogens with zero attached hydrogens (tertiary/aromatic N) is 1. The van der Waals surface area contributed by atoms with Crippen LogP contribution in [0.4, 0.5) is 9.18 Å². The SMILES string of the molecule is COc1ccc(CCC(=O)NCCN2C(=O)SC(=Cc3ccc(F)cc3)C2=O)cc1. The zero-order chi connectivity index (χ0) is 21.5. The number of methoxy groups -OCH3 is 1. The lowest BCUT2D eigenvalue weighted by atomic mass is 10.1. The van der Waals surface area contributed by atoms with Gasteiger partial charge < -0.3 is 10.1 Å². The molecule has 0 unspecified atom stereocenters. The lowest BCUT2D eigenvalue weighted by molar-refractivity contribution is -0.124. The van der Waals surface area contributed by atoms with Crippen LogP contribution in [0.5, 0.6) is 5.75 Å². The van der Waals surface area contributed by atoms with Crippen LogP contribution in [0.25, 0.3) is 6.08 Å². The number of benzene rings is 2. The third-order valence-corrected chi connectivity index (χ3v) is 5.41. The molecule has 156 valence electrons. The highest BCUT2D eigenvalue weighted by molar-refractivity contribution is 8.18. The van der Waals surface area contributed by atoms with Crippen LogP contribution in [0.2, 0.25) is 0 Å². The maximum Gasteiger partial charge on any atom is 0.293 e. The molecule has 3 rings (SSSR count). The van der Waals surface area contributed by atoms with Gasteiger partial charge in [-0.15, -0.1) is 0 Å². The molecule has 0 radical (unpaired) electrons. The van der Waals surface area contributed by atoms with Gasteiger partial charge in [0.15, 0.2) is 0 Å². The molecule has 0 spiro atoms. The van der Waals surface area contributed by atoms with E-state index in [9.17, 15) is 18.8 Å². The number of hydrogen-bond donors (Lipinski definition) is 1. The first-order valence-corrected chi connectivity index (χ1v) is 10.2. The van der Waals surface area contributed by atoms with Gasteiger partial charge in [0.1, 0.15) is 11.6 Å². The van der Waals surface area contributed by atoms with Crippen LogP contribution in [0, 0.1) is 5.82 Å². The lowest BCUT2D eigenvalue weighted by Crippen LogP contribution is -2.37. The van der Waals surface area contributed by atoms with Gasteiger partial charge in [-0.1, -0.05) is 24.3 Å². The molecule has 0 saturated carbocycles. The number of nitrogens with one attached hydrogen (secondary N) is 1. The number of thioether (sulfide) groups is 1. The Labute approximate surface area is 178 Å². The predicted octanol–water partition coefficient (Wildman–Crippen LogP) is 3.62. The zero-order valence-corrected chi connectivity index (χ0v) is 17.2. The second-order valence-electron chi connectivity index (χ2n) is 6.58. The molecule has 2 aromatic rings. The Morgan fingerprint density at radius 2 is 1.83 bits per heavy atom. The van der Waals surface area contributed by atoms with Gasteiger partial charge in [-0.25, -0.2) is 4.39 Å². The number of carbonyl (C=O) groups is 3. The summed E-state index contributed by atoms with van der Waals surface area (Å²) in [6.07, 6.45) is 2.44. The van der Waals surface area contributed by atoms with Crippen molar-refractivity contribution >= 4 is 34.9 Å². The normalized spacial score (nSPS) is 15.0. The van der Waals surface area contributed by atoms with E-state index in [0.717, 1.165) is 28.0 Å². The molecule has 1 aliphatic rings. The summed E-state index contributed by atoms with van der Waals surface area (Å²) in [4.78, 5) is 38.0. The fourth-order valence-electron chi connectivity index (χ4n) is 2.85. The first-order chi connectivity index (χ1) is 14.5. The smallest absolute Gasteiger partial charge is 0.293 e. The molecule has 1 heterocycles. The lowest BCUT2D eigenvalue weighted by Gasteiger charge is -2.13. The third-order valence-electron chi connectivity index (χ3n) is 4.50. The van der Waals surface area contributed by atoms with Gasteiger partial charge in [-0.2, -0.15) is 0 Å². The summed E-state index contributed by atoms with van der Waals surface area (Å²) in [5, 5.41) is 2.35. The van der Waals surface area contributed by atoms with Crippen molar-refractivity contribution in [3.8, 4) is 5.75 Å². The molecule has 30 heavy (non-hydrogen) atoms. The zero-order valence-electron chi connectivity index (χ0n) is 16.4. The van der Waals surface area contributed by atoms with Crippen molar-refractivity contribution in [1.29, 1.82) is 0 Å². The molecular formula is C22H21FN2O4S. The Bertz CT molecular complexity index is 958. The van der Waals surface area contributed by atoms with E-state index in [1.165, 1.54) is 24.3 Å². The number of amides is 3. The van der Waals surface area contributed by atoms with Crippen molar-refractivity contribution in [3.05, 3.63) is 70.4 Å². The van der Waals surface area contributed by atoms with Gasteiger partial charge >= 0.3 is 0 Å². The average molecular weight is 428 g/mol. The van der Waals surface area contributed by atoms with E-state index in [4.69, 9.17) is 4.74 Å². The van der Waals surface area contributed by atoms with Gasteiger partial charge in [0, 0.05) is 19.5 Å². The van der Waals surface area contributed by atoms with E-state index in [1.54, 1.807) is 13.2 Å². The summed E-state index contributed by atoms with van der Waals surface area (Å²) in [5.41, 5.74) is 1.65. The van der Waals surface area contributed by atoms with E-state index in [1.807, 2.05) is 24.3 Å². The van der Waals surface area contributed by atoms with Crippen molar-refractivity contribution in [1.82, 2.24) is 10.2 Å². The van der Waals surface area contributed by atoms with Gasteiger partial charge in [0.2, 0.25) is 5.91 Å². The van der Waals surface area contributed by atoms with Gasteiger partial charge in [-0.05, 0) is 59.7 Å². The number of hydrogen-bond acceptors (Lipinski definition) is 5. The Morgan fingerprint density at radius 3 is 2.50 bits per heavy atom. The number of imide groups is 1. The molecule has 8 heteroatoms. The molecule has 0 aromatic heterocycles. The van der Waals surface area contributed by atoms with Gasteiger partial charge in [0.05, 0.1) is 12.0 Å². The van der Waals surface area contributed by atoms with E-state index in [2.05, 4.69) is 5.32 Å². The first-order valence-electron chi connectivity index (χ1n) is 9.37. The first kappa shape index (κ1) is 21.6. The molecule has 1 N–H and O–H groups in total. The van der Waals surface area contributed by atoms with Crippen LogP contribution >= 0.6 is 11.8 Å². The maximum atomic E-state index is 13.0. The standard InChI is InChI=1S/C22H21FN2O4S/c1-29-18-9-4-15(5-10-18)6-11-20(26)24-12-13-25-21(27)19(30-22(25)28)14-16-2-7-17(23)8-3-16/h2-5,7-10,14H,6,11-13H2,1H3,(H,24,26). The maximum absolute atomic E-state index is 13.0. The Hall–Kier alpha value is -3.13. The summed E-state index contributed by atoms with van der Waals surface area (Å²) in [7, 11) is 1.60. The Balaban J connectivity index is 1.45. The Kier molecular flexibility index (Phi) is 7.24. The van der Waals surface area contributed by atoms with E-state index >= 15 is 0 Å². The average Bonchev–Trinajstić information content (AvgIpc) is 3.01. The predicted molar refractivity (Wildman–Crippen MR) is 113 cm³/mol. The van der Waals surface area contributed by atoms with Crippen LogP contribution in [-0.2, 0) is 16.0 Å². The van der Waals surface area contributed by atoms with Crippen molar-refractivity contribution in [2.24, 2.45) is 0 Å². The van der Waals surface area contributed by atoms with Crippen LogP contribution < -0.4 is 10.1 Å². The molecule has 1 aliphatic heterocycles. The third kappa shape index (κ3) is 5.70. The minimum absolute atomic E-state index is 0.0969. The molecule has 1 saturated heterocycles. The van der Waals surface area contributed by atoms with Crippen LogP contribution in [0.1, 0.15) is 17.5 Å². The monoisotopic (exact) mass is 428 g/mol. The van der Waals surface area contributed by atoms with Crippen LogP contribution in [-0.4, -0.2) is 42.2 Å². The minimum atomic E-state index is -0.415. The summed E-state index contributed by atoms with van der Waals surface area (Å²) in [6.45, 7) is 0.281. The van der Waals surface area contributed by atoms with Crippen molar-refractivity contribution in [3.63, 3.8) is 0 Å². The molecule has 2 aromatic carbocycles. The molecule has 6 nitrogen and oxygen atoms in total. The Morgan fingerprint density at radius 1 is 1.13 bits per heavy atom. The van der Waals surface area contributed by atoms with Crippen LogP contribution in [0.15, 0.2) is 53.4 Å². The van der Waals surface area contributed by atoms with Crippen LogP contribution in [0.3, 0.4) is 0 Å². The van der Waals surface area contributed by atoms with Crippen molar-refractivity contribution < 1.29 is 23.5 Å². The quantitative estimate of drug-likeness (QED) is 0.650. The molecule has 1 fully saturated rings. The number of ether oxygens (including phenoxy) is 1. The number of carbonyl (C=O) groups excluding carboxylic acids is 3. The van der Waals surface area contributed by atoms with Crippen molar-refractivity contribution in [2.45, 2.75) is 12.8 Å². The number of rotatable bonds is 8. The van der Waals surface area contributed by atoms with Gasteiger partial charge in [-0.3, -0.25) is 19.3 Å². The van der Waals surface area contributed by atoms with E-state index in [0.29, 0.717) is 18.4 Å². The second kappa shape index (κ2) is 10.1. The second-order valence-corrected chi connectivity index (χ2v) is 7.58. The minimum Gasteiger partial charge on any atom is -0.497 e. The molecule has 3 amide bonds. The van der Waals surface area contributed by atoms with Crippen molar-refractivity contribution in [2.75, 3.05) is 20.2 Å². The highest BCUT2D eigenvalue weighted by atomic mass is 32.2. The van der Waals surface area contributed by atoms with E-state index in [-0.39, 0.29) is 35.0 Å². The summed E-state index contributed by atoms with van der Waals surface area (Å²) in [6, 6.07) is 13.1. The largest absolute Gasteiger partial charge is 0.497 e. The highest BCUT2D eigenvalue weighted by Crippen LogP contribution is 2.31. The summed E-state index contributed by atoms with van der Waals surface area (Å²) >= 11 is 0.832. The summed E-state index contributed by atoms with van der Waals surface area (Å²) < 4.78 is 18.1. The molecule has 0 bridgehead atoms. The fourth-order valence-corrected chi connectivity index (χ4v) is 3.71. The summed E-state index contributed by atoms with van der Waals surface area (Å²) in [5.74, 6) is -0.182.